The van der Waals surface area contributed by atoms with E-state index in [0.717, 1.165) is 16.4 Å². The first-order chi connectivity index (χ1) is 19.0. The predicted octanol–water partition coefficient (Wildman–Crippen LogP) is 6.05. The van der Waals surface area contributed by atoms with Crippen LogP contribution < -0.4 is 9.62 Å². The van der Waals surface area contributed by atoms with Gasteiger partial charge in [0.1, 0.15) is 18.4 Å². The van der Waals surface area contributed by atoms with Gasteiger partial charge in [-0.1, -0.05) is 61.3 Å². The summed E-state index contributed by atoms with van der Waals surface area (Å²) in [5.74, 6) is -1.60. The maximum atomic E-state index is 14.0. The van der Waals surface area contributed by atoms with Crippen molar-refractivity contribution in [1.29, 1.82) is 0 Å². The Morgan fingerprint density at radius 2 is 1.50 bits per heavy atom. The van der Waals surface area contributed by atoms with Crippen LogP contribution in [-0.4, -0.2) is 43.8 Å². The molecule has 7 nitrogen and oxygen atoms in total. The average Bonchev–Trinajstić information content (AvgIpc) is 2.93. The second kappa shape index (κ2) is 14.0. The Hall–Kier alpha value is -3.14. The molecule has 0 aromatic heterocycles. The van der Waals surface area contributed by atoms with E-state index in [0.29, 0.717) is 22.0 Å². The molecule has 11 heteroatoms. The van der Waals surface area contributed by atoms with Crippen molar-refractivity contribution in [3.63, 3.8) is 0 Å². The lowest BCUT2D eigenvalue weighted by Crippen LogP contribution is -2.53. The fraction of sp³-hybridized carbons (Fsp3) is 0.310. The molecule has 0 heterocycles. The van der Waals surface area contributed by atoms with Gasteiger partial charge in [-0.15, -0.1) is 0 Å². The number of nitrogens with one attached hydrogen (secondary N) is 1. The van der Waals surface area contributed by atoms with Crippen LogP contribution in [-0.2, 0) is 26.2 Å². The number of benzene rings is 3. The van der Waals surface area contributed by atoms with Crippen LogP contribution in [0.3, 0.4) is 0 Å². The number of nitrogens with zero attached hydrogens (tertiary/aromatic N) is 2. The summed E-state index contributed by atoms with van der Waals surface area (Å²) >= 11 is 12.8. The van der Waals surface area contributed by atoms with Gasteiger partial charge in [-0.05, 0) is 68.3 Å². The Morgan fingerprint density at radius 1 is 0.900 bits per heavy atom. The zero-order valence-electron chi connectivity index (χ0n) is 22.5. The van der Waals surface area contributed by atoms with Crippen molar-refractivity contribution in [3.05, 3.63) is 94.2 Å². The first-order valence-electron chi connectivity index (χ1n) is 12.9. The molecule has 0 unspecified atom stereocenters. The number of hydrogen-bond acceptors (Lipinski definition) is 4. The largest absolute Gasteiger partial charge is 0.352 e. The van der Waals surface area contributed by atoms with E-state index in [1.54, 1.807) is 43.3 Å². The van der Waals surface area contributed by atoms with Gasteiger partial charge in [0, 0.05) is 28.2 Å². The van der Waals surface area contributed by atoms with Crippen LogP contribution in [0.2, 0.25) is 10.0 Å². The molecule has 0 aliphatic carbocycles. The molecule has 2 amide bonds. The van der Waals surface area contributed by atoms with E-state index in [9.17, 15) is 22.4 Å². The normalized spacial score (nSPS) is 12.8. The zero-order chi connectivity index (χ0) is 29.4. The molecule has 1 N–H and O–H groups in total. The molecule has 0 saturated heterocycles. The summed E-state index contributed by atoms with van der Waals surface area (Å²) in [6.45, 7) is 4.75. The topological polar surface area (TPSA) is 86.8 Å². The summed E-state index contributed by atoms with van der Waals surface area (Å²) in [6.07, 6.45) is 0.929. The van der Waals surface area contributed by atoms with E-state index in [4.69, 9.17) is 23.2 Å². The molecule has 0 aliphatic heterocycles. The van der Waals surface area contributed by atoms with Gasteiger partial charge in [-0.25, -0.2) is 12.8 Å². The molecule has 3 aromatic carbocycles. The first kappa shape index (κ1) is 31.4. The van der Waals surface area contributed by atoms with E-state index in [1.807, 2.05) is 13.8 Å². The molecule has 2 atom stereocenters. The van der Waals surface area contributed by atoms with Crippen LogP contribution in [0.1, 0.15) is 39.2 Å². The second-order valence-electron chi connectivity index (χ2n) is 9.26. The smallest absolute Gasteiger partial charge is 0.264 e. The van der Waals surface area contributed by atoms with Crippen molar-refractivity contribution >= 4 is 50.7 Å². The fourth-order valence-electron chi connectivity index (χ4n) is 4.07. The lowest BCUT2D eigenvalue weighted by molar-refractivity contribution is -0.140. The number of anilines is 1. The number of halogens is 3. The van der Waals surface area contributed by atoms with Gasteiger partial charge in [0.2, 0.25) is 11.8 Å². The van der Waals surface area contributed by atoms with Crippen molar-refractivity contribution in [3.8, 4) is 0 Å². The molecule has 0 aliphatic rings. The zero-order valence-corrected chi connectivity index (χ0v) is 24.8. The summed E-state index contributed by atoms with van der Waals surface area (Å²) < 4.78 is 42.1. The Labute approximate surface area is 244 Å². The summed E-state index contributed by atoms with van der Waals surface area (Å²) in [4.78, 5) is 28.6. The van der Waals surface area contributed by atoms with Crippen LogP contribution in [0, 0.1) is 5.82 Å². The standard InChI is InChI=1S/C29H32Cl2FN3O4S/c1-4-20(3)33-29(37)27(5-2)34(18-24-25(30)12-9-13-26(24)31)28(36)19-35(22-16-14-21(32)15-17-22)40(38,39)23-10-7-6-8-11-23/h6-17,20,27H,4-5,18-19H2,1-3H3,(H,33,37)/t20-,27+/m0/s1. The van der Waals surface area contributed by atoms with Crippen molar-refractivity contribution in [1.82, 2.24) is 10.2 Å². The van der Waals surface area contributed by atoms with Crippen LogP contribution in [0.25, 0.3) is 0 Å². The highest BCUT2D eigenvalue weighted by Crippen LogP contribution is 2.29. The molecule has 0 fully saturated rings. The summed E-state index contributed by atoms with van der Waals surface area (Å²) in [5.41, 5.74) is 0.514. The van der Waals surface area contributed by atoms with Gasteiger partial charge in [-0.2, -0.15) is 0 Å². The van der Waals surface area contributed by atoms with E-state index in [2.05, 4.69) is 5.32 Å². The minimum absolute atomic E-state index is 0.0469. The highest BCUT2D eigenvalue weighted by Gasteiger charge is 2.34. The Balaban J connectivity index is 2.08. The number of carbonyl (C=O) groups excluding carboxylic acids is 2. The molecule has 40 heavy (non-hydrogen) atoms. The number of sulfonamides is 1. The molecule has 3 rings (SSSR count). The minimum atomic E-state index is -4.25. The monoisotopic (exact) mass is 607 g/mol. The highest BCUT2D eigenvalue weighted by molar-refractivity contribution is 7.92. The van der Waals surface area contributed by atoms with E-state index in [1.165, 1.54) is 29.2 Å². The third-order valence-corrected chi connectivity index (χ3v) is 9.00. The molecule has 3 aromatic rings. The predicted molar refractivity (Wildman–Crippen MR) is 156 cm³/mol. The molecule has 0 radical (unpaired) electrons. The summed E-state index contributed by atoms with van der Waals surface area (Å²) in [7, 11) is -4.25. The fourth-order valence-corrected chi connectivity index (χ4v) is 6.02. The molecular formula is C29H32Cl2FN3O4S. The SMILES string of the molecule is CC[C@H](C(=O)N[C@@H](C)CC)N(Cc1c(Cl)cccc1Cl)C(=O)CN(c1ccc(F)cc1)S(=O)(=O)c1ccccc1. The molecule has 0 spiro atoms. The van der Waals surface area contributed by atoms with Gasteiger partial charge in [0.25, 0.3) is 10.0 Å². The lowest BCUT2D eigenvalue weighted by Gasteiger charge is -2.34. The van der Waals surface area contributed by atoms with Crippen molar-refractivity contribution in [2.75, 3.05) is 10.8 Å². The molecule has 0 bridgehead atoms. The number of rotatable bonds is 12. The lowest BCUT2D eigenvalue weighted by atomic mass is 10.1. The molecule has 214 valence electrons. The molecular weight excluding hydrogens is 576 g/mol. The Bertz CT molecular complexity index is 1400. The van der Waals surface area contributed by atoms with Crippen LogP contribution >= 0.6 is 23.2 Å². The number of amides is 2. The highest BCUT2D eigenvalue weighted by atomic mass is 35.5. The maximum absolute atomic E-state index is 14.0. The van der Waals surface area contributed by atoms with Crippen LogP contribution in [0.15, 0.2) is 77.7 Å². The third kappa shape index (κ3) is 7.53. The molecule has 0 saturated carbocycles. The van der Waals surface area contributed by atoms with Gasteiger partial charge < -0.3 is 10.2 Å². The van der Waals surface area contributed by atoms with Gasteiger partial charge in [0.05, 0.1) is 10.6 Å². The van der Waals surface area contributed by atoms with E-state index in [-0.39, 0.29) is 35.5 Å². The van der Waals surface area contributed by atoms with Crippen LogP contribution in [0.4, 0.5) is 10.1 Å². The second-order valence-corrected chi connectivity index (χ2v) is 11.9. The van der Waals surface area contributed by atoms with Gasteiger partial charge in [0.15, 0.2) is 0 Å². The van der Waals surface area contributed by atoms with Crippen molar-refractivity contribution in [2.24, 2.45) is 0 Å². The van der Waals surface area contributed by atoms with Crippen molar-refractivity contribution < 1.29 is 22.4 Å². The quantitative estimate of drug-likeness (QED) is 0.271. The Morgan fingerprint density at radius 3 is 2.05 bits per heavy atom. The number of hydrogen-bond donors (Lipinski definition) is 1. The first-order valence-corrected chi connectivity index (χ1v) is 15.0. The van der Waals surface area contributed by atoms with Gasteiger partial charge >= 0.3 is 0 Å². The van der Waals surface area contributed by atoms with Gasteiger partial charge in [-0.3, -0.25) is 13.9 Å². The van der Waals surface area contributed by atoms with Crippen LogP contribution in [0.5, 0.6) is 0 Å². The summed E-state index contributed by atoms with van der Waals surface area (Å²) in [5, 5.41) is 3.51. The Kier molecular flexibility index (Phi) is 11.0. The van der Waals surface area contributed by atoms with Crippen molar-refractivity contribution in [2.45, 2.75) is 57.1 Å². The average molecular weight is 609 g/mol. The van der Waals surface area contributed by atoms with E-state index < -0.39 is 34.3 Å². The minimum Gasteiger partial charge on any atom is -0.352 e. The third-order valence-electron chi connectivity index (χ3n) is 6.50. The van der Waals surface area contributed by atoms with E-state index >= 15 is 0 Å². The maximum Gasteiger partial charge on any atom is 0.264 e. The number of carbonyl (C=O) groups is 2. The summed E-state index contributed by atoms with van der Waals surface area (Å²) in [6, 6.07) is 16.2.